The van der Waals surface area contributed by atoms with Crippen molar-refractivity contribution < 1.29 is 18.7 Å². The number of piperidine rings is 1. The minimum absolute atomic E-state index is 0.144. The lowest BCUT2D eigenvalue weighted by atomic mass is 9.96. The number of carbonyl (C=O) groups excluding carboxylic acids is 1. The fraction of sp³-hybridized carbons (Fsp3) is 0.526. The number of likely N-dealkylation sites (tertiary alicyclic amines) is 1. The zero-order valence-corrected chi connectivity index (χ0v) is 15.0. The lowest BCUT2D eigenvalue weighted by Crippen LogP contribution is -2.44. The SMILES string of the molecule is Cc1nc2cc(F)cc(C(=O)N3CCCC(C4OCCO4)C3)c2nc1C. The van der Waals surface area contributed by atoms with Gasteiger partial charge in [-0.15, -0.1) is 0 Å². The second-order valence-corrected chi connectivity index (χ2v) is 6.98. The van der Waals surface area contributed by atoms with Gasteiger partial charge in [-0.25, -0.2) is 14.4 Å². The van der Waals surface area contributed by atoms with Crippen LogP contribution in [0, 0.1) is 25.6 Å². The molecule has 3 heterocycles. The molecule has 0 saturated carbocycles. The summed E-state index contributed by atoms with van der Waals surface area (Å²) in [7, 11) is 0. The van der Waals surface area contributed by atoms with Crippen LogP contribution in [0.1, 0.15) is 34.6 Å². The third-order valence-electron chi connectivity index (χ3n) is 5.15. The fourth-order valence-corrected chi connectivity index (χ4v) is 3.70. The van der Waals surface area contributed by atoms with E-state index in [1.807, 2.05) is 13.8 Å². The van der Waals surface area contributed by atoms with E-state index in [2.05, 4.69) is 9.97 Å². The zero-order chi connectivity index (χ0) is 18.3. The summed E-state index contributed by atoms with van der Waals surface area (Å²) in [6.45, 7) is 6.03. The van der Waals surface area contributed by atoms with Crippen LogP contribution < -0.4 is 0 Å². The van der Waals surface area contributed by atoms with Crippen LogP contribution >= 0.6 is 0 Å². The van der Waals surface area contributed by atoms with Gasteiger partial charge in [0.05, 0.1) is 35.7 Å². The molecular formula is C19H22FN3O3. The number of halogens is 1. The normalized spacial score (nSPS) is 21.5. The molecule has 0 spiro atoms. The van der Waals surface area contributed by atoms with Crippen LogP contribution in [0.2, 0.25) is 0 Å². The first-order valence-corrected chi connectivity index (χ1v) is 9.00. The van der Waals surface area contributed by atoms with Gasteiger partial charge < -0.3 is 14.4 Å². The van der Waals surface area contributed by atoms with E-state index >= 15 is 0 Å². The van der Waals surface area contributed by atoms with Crippen molar-refractivity contribution in [3.63, 3.8) is 0 Å². The first kappa shape index (κ1) is 17.3. The number of rotatable bonds is 2. The molecule has 2 aliphatic rings. The van der Waals surface area contributed by atoms with Crippen molar-refractivity contribution in [2.45, 2.75) is 33.0 Å². The second-order valence-electron chi connectivity index (χ2n) is 6.98. The molecular weight excluding hydrogens is 337 g/mol. The van der Waals surface area contributed by atoms with Crippen molar-refractivity contribution in [3.8, 4) is 0 Å². The van der Waals surface area contributed by atoms with Crippen molar-refractivity contribution in [1.29, 1.82) is 0 Å². The van der Waals surface area contributed by atoms with Crippen LogP contribution in [0.3, 0.4) is 0 Å². The summed E-state index contributed by atoms with van der Waals surface area (Å²) in [4.78, 5) is 23.8. The van der Waals surface area contributed by atoms with Crippen LogP contribution in [-0.2, 0) is 9.47 Å². The van der Waals surface area contributed by atoms with E-state index in [0.717, 1.165) is 24.2 Å². The van der Waals surface area contributed by atoms with Crippen molar-refractivity contribution in [2.75, 3.05) is 26.3 Å². The van der Waals surface area contributed by atoms with Gasteiger partial charge in [0.2, 0.25) is 0 Å². The highest BCUT2D eigenvalue weighted by Gasteiger charge is 2.33. The number of nitrogens with zero attached hydrogens (tertiary/aromatic N) is 3. The van der Waals surface area contributed by atoms with Gasteiger partial charge in [-0.05, 0) is 32.8 Å². The number of hydrogen-bond donors (Lipinski definition) is 0. The summed E-state index contributed by atoms with van der Waals surface area (Å²) in [5, 5.41) is 0. The molecule has 2 saturated heterocycles. The summed E-state index contributed by atoms with van der Waals surface area (Å²) >= 11 is 0. The predicted octanol–water partition coefficient (Wildman–Crippen LogP) is 2.61. The maximum absolute atomic E-state index is 14.1. The Kier molecular flexibility index (Phi) is 4.58. The quantitative estimate of drug-likeness (QED) is 0.825. The molecule has 0 radical (unpaired) electrons. The molecule has 1 amide bonds. The third kappa shape index (κ3) is 3.17. The van der Waals surface area contributed by atoms with Crippen LogP contribution in [0.15, 0.2) is 12.1 Å². The number of hydrogen-bond acceptors (Lipinski definition) is 5. The highest BCUT2D eigenvalue weighted by Crippen LogP contribution is 2.27. The average molecular weight is 359 g/mol. The Morgan fingerprint density at radius 1 is 1.19 bits per heavy atom. The van der Waals surface area contributed by atoms with Gasteiger partial charge >= 0.3 is 0 Å². The Hall–Kier alpha value is -2.12. The molecule has 0 aliphatic carbocycles. The topological polar surface area (TPSA) is 64.6 Å². The van der Waals surface area contributed by atoms with E-state index in [4.69, 9.17) is 9.47 Å². The van der Waals surface area contributed by atoms with E-state index < -0.39 is 5.82 Å². The molecule has 138 valence electrons. The molecule has 2 aliphatic heterocycles. The largest absolute Gasteiger partial charge is 0.350 e. The highest BCUT2D eigenvalue weighted by molar-refractivity contribution is 6.04. The zero-order valence-electron chi connectivity index (χ0n) is 15.0. The number of fused-ring (bicyclic) bond motifs is 1. The maximum Gasteiger partial charge on any atom is 0.256 e. The molecule has 1 unspecified atom stereocenters. The maximum atomic E-state index is 14.1. The molecule has 0 N–H and O–H groups in total. The summed E-state index contributed by atoms with van der Waals surface area (Å²) in [5.41, 5.74) is 2.60. The van der Waals surface area contributed by atoms with Gasteiger partial charge in [0.15, 0.2) is 6.29 Å². The van der Waals surface area contributed by atoms with Crippen molar-refractivity contribution in [1.82, 2.24) is 14.9 Å². The molecule has 6 nitrogen and oxygen atoms in total. The minimum Gasteiger partial charge on any atom is -0.350 e. The first-order chi connectivity index (χ1) is 12.5. The summed E-state index contributed by atoms with van der Waals surface area (Å²) in [6.07, 6.45) is 1.58. The molecule has 7 heteroatoms. The summed E-state index contributed by atoms with van der Waals surface area (Å²) in [6, 6.07) is 2.59. The molecule has 0 bridgehead atoms. The van der Waals surface area contributed by atoms with Crippen LogP contribution in [0.25, 0.3) is 11.0 Å². The van der Waals surface area contributed by atoms with Gasteiger partial charge in [-0.2, -0.15) is 0 Å². The number of carbonyl (C=O) groups is 1. The Balaban J connectivity index is 1.66. The van der Waals surface area contributed by atoms with E-state index in [-0.39, 0.29) is 23.7 Å². The number of amides is 1. The lowest BCUT2D eigenvalue weighted by molar-refractivity contribution is -0.0969. The Morgan fingerprint density at radius 2 is 1.92 bits per heavy atom. The van der Waals surface area contributed by atoms with Gasteiger partial charge in [0.1, 0.15) is 11.3 Å². The number of ether oxygens (including phenoxy) is 2. The second kappa shape index (κ2) is 6.89. The molecule has 26 heavy (non-hydrogen) atoms. The van der Waals surface area contributed by atoms with Gasteiger partial charge in [0.25, 0.3) is 5.91 Å². The molecule has 2 fully saturated rings. The van der Waals surface area contributed by atoms with Crippen molar-refractivity contribution >= 4 is 16.9 Å². The lowest BCUT2D eigenvalue weighted by Gasteiger charge is -2.34. The predicted molar refractivity (Wildman–Crippen MR) is 93.3 cm³/mol. The van der Waals surface area contributed by atoms with E-state index in [1.165, 1.54) is 12.1 Å². The molecule has 1 aromatic carbocycles. The Labute approximate surface area is 151 Å². The molecule has 2 aromatic rings. The highest BCUT2D eigenvalue weighted by atomic mass is 19.1. The fourth-order valence-electron chi connectivity index (χ4n) is 3.70. The summed E-state index contributed by atoms with van der Waals surface area (Å²) in [5.74, 6) is -0.547. The number of aromatic nitrogens is 2. The van der Waals surface area contributed by atoms with E-state index in [0.29, 0.717) is 37.3 Å². The smallest absolute Gasteiger partial charge is 0.256 e. The average Bonchev–Trinajstić information content (AvgIpc) is 3.17. The first-order valence-electron chi connectivity index (χ1n) is 9.00. The van der Waals surface area contributed by atoms with Gasteiger partial charge in [-0.3, -0.25) is 4.79 Å². The van der Waals surface area contributed by atoms with Gasteiger partial charge in [-0.1, -0.05) is 0 Å². The monoisotopic (exact) mass is 359 g/mol. The number of aryl methyl sites for hydroxylation is 2. The molecule has 1 aromatic heterocycles. The van der Waals surface area contributed by atoms with Gasteiger partial charge in [0, 0.05) is 25.1 Å². The van der Waals surface area contributed by atoms with Crippen LogP contribution in [0.4, 0.5) is 4.39 Å². The standard InChI is InChI=1S/C19H22FN3O3/c1-11-12(2)22-17-15(8-14(20)9-16(17)21-11)18(24)23-5-3-4-13(10-23)19-25-6-7-26-19/h8-9,13,19H,3-7,10H2,1-2H3. The summed E-state index contributed by atoms with van der Waals surface area (Å²) < 4.78 is 25.3. The third-order valence-corrected chi connectivity index (χ3v) is 5.15. The van der Waals surface area contributed by atoms with E-state index in [9.17, 15) is 9.18 Å². The number of benzene rings is 1. The molecule has 1 atom stereocenters. The van der Waals surface area contributed by atoms with Crippen molar-refractivity contribution in [3.05, 3.63) is 34.9 Å². The minimum atomic E-state index is -0.477. The van der Waals surface area contributed by atoms with Crippen molar-refractivity contribution in [2.24, 2.45) is 5.92 Å². The van der Waals surface area contributed by atoms with Crippen LogP contribution in [-0.4, -0.2) is 53.4 Å². The van der Waals surface area contributed by atoms with Crippen LogP contribution in [0.5, 0.6) is 0 Å². The molecule has 4 rings (SSSR count). The van der Waals surface area contributed by atoms with E-state index in [1.54, 1.807) is 4.90 Å². The Bertz CT molecular complexity index is 852. The Morgan fingerprint density at radius 3 is 2.69 bits per heavy atom.